The Morgan fingerprint density at radius 2 is 2.06 bits per heavy atom. The van der Waals surface area contributed by atoms with E-state index in [1.165, 1.54) is 19.1 Å². The topological polar surface area (TPSA) is 80.4 Å². The molecule has 0 saturated carbocycles. The Balaban J connectivity index is 3.10. The van der Waals surface area contributed by atoms with Crippen LogP contribution in [0.2, 0.25) is 0 Å². The predicted molar refractivity (Wildman–Crippen MR) is 61.6 cm³/mol. The molecule has 1 aromatic carbocycles. The highest BCUT2D eigenvalue weighted by Crippen LogP contribution is 2.25. The molecule has 0 saturated heterocycles. The molecule has 0 aliphatic rings. The van der Waals surface area contributed by atoms with E-state index in [4.69, 9.17) is 5.14 Å². The Kier molecular flexibility index (Phi) is 4.06. The van der Waals surface area contributed by atoms with E-state index in [1.54, 1.807) is 0 Å². The molecular weight excluding hydrogens is 301 g/mol. The first kappa shape index (κ1) is 13.6. The molecule has 16 heavy (non-hydrogen) atoms. The first-order chi connectivity index (χ1) is 7.23. The highest BCUT2D eigenvalue weighted by Gasteiger charge is 2.28. The molecule has 0 aromatic heterocycles. The van der Waals surface area contributed by atoms with Crippen LogP contribution in [0.4, 0.5) is 4.39 Å². The van der Waals surface area contributed by atoms with E-state index >= 15 is 0 Å². The van der Waals surface area contributed by atoms with Crippen LogP contribution >= 0.6 is 15.9 Å². The van der Waals surface area contributed by atoms with E-state index in [-0.39, 0.29) is 5.56 Å². The SMILES string of the molecule is C[C@H]([C@H](O)c1ccc(Br)cc1F)S(N)(=O)=O. The summed E-state index contributed by atoms with van der Waals surface area (Å²) in [4.78, 5) is 0. The molecule has 0 amide bonds. The molecule has 0 heterocycles. The van der Waals surface area contributed by atoms with Gasteiger partial charge in [0.05, 0.1) is 6.10 Å². The van der Waals surface area contributed by atoms with Crippen molar-refractivity contribution in [1.29, 1.82) is 0 Å². The third kappa shape index (κ3) is 3.00. The average molecular weight is 312 g/mol. The molecule has 0 radical (unpaired) electrons. The lowest BCUT2D eigenvalue weighted by molar-refractivity contribution is 0.171. The van der Waals surface area contributed by atoms with E-state index in [9.17, 15) is 17.9 Å². The van der Waals surface area contributed by atoms with Crippen molar-refractivity contribution in [3.05, 3.63) is 34.1 Å². The summed E-state index contributed by atoms with van der Waals surface area (Å²) in [5.41, 5.74) is -0.0928. The summed E-state index contributed by atoms with van der Waals surface area (Å²) in [5.74, 6) is -0.683. The van der Waals surface area contributed by atoms with Crippen molar-refractivity contribution < 1.29 is 17.9 Å². The van der Waals surface area contributed by atoms with Crippen LogP contribution in [0.25, 0.3) is 0 Å². The second-order valence-electron chi connectivity index (χ2n) is 3.40. The molecule has 0 aliphatic heterocycles. The monoisotopic (exact) mass is 311 g/mol. The van der Waals surface area contributed by atoms with Crippen LogP contribution in [0.3, 0.4) is 0 Å². The normalized spacial score (nSPS) is 15.8. The molecular formula is C9H11BrFNO3S. The summed E-state index contributed by atoms with van der Waals surface area (Å²) in [6, 6.07) is 3.97. The Morgan fingerprint density at radius 1 is 1.50 bits per heavy atom. The van der Waals surface area contributed by atoms with Crippen molar-refractivity contribution in [2.45, 2.75) is 18.3 Å². The fraction of sp³-hybridized carbons (Fsp3) is 0.333. The molecule has 0 fully saturated rings. The van der Waals surface area contributed by atoms with Gasteiger partial charge in [0.15, 0.2) is 0 Å². The molecule has 1 rings (SSSR count). The van der Waals surface area contributed by atoms with E-state index < -0.39 is 27.2 Å². The molecule has 1 aromatic rings. The van der Waals surface area contributed by atoms with Crippen LogP contribution in [0.15, 0.2) is 22.7 Å². The maximum Gasteiger partial charge on any atom is 0.214 e. The van der Waals surface area contributed by atoms with Gasteiger partial charge < -0.3 is 5.11 Å². The second kappa shape index (κ2) is 4.79. The lowest BCUT2D eigenvalue weighted by Crippen LogP contribution is -2.31. The van der Waals surface area contributed by atoms with Gasteiger partial charge in [-0.2, -0.15) is 0 Å². The zero-order valence-electron chi connectivity index (χ0n) is 8.39. The Hall–Kier alpha value is -0.500. The Morgan fingerprint density at radius 3 is 2.50 bits per heavy atom. The predicted octanol–water partition coefficient (Wildman–Crippen LogP) is 1.30. The third-order valence-electron chi connectivity index (χ3n) is 2.24. The zero-order valence-corrected chi connectivity index (χ0v) is 10.8. The molecule has 90 valence electrons. The van der Waals surface area contributed by atoms with Gasteiger partial charge in [-0.1, -0.05) is 22.0 Å². The molecule has 0 bridgehead atoms. The quantitative estimate of drug-likeness (QED) is 0.883. The minimum absolute atomic E-state index is 0.0928. The van der Waals surface area contributed by atoms with Crippen LogP contribution in [0.5, 0.6) is 0 Å². The van der Waals surface area contributed by atoms with Crippen LogP contribution in [-0.2, 0) is 10.0 Å². The van der Waals surface area contributed by atoms with E-state index in [0.717, 1.165) is 6.07 Å². The van der Waals surface area contributed by atoms with Crippen LogP contribution in [0.1, 0.15) is 18.6 Å². The number of hydrogen-bond donors (Lipinski definition) is 2. The summed E-state index contributed by atoms with van der Waals surface area (Å²) in [7, 11) is -3.91. The smallest absolute Gasteiger partial charge is 0.214 e. The minimum Gasteiger partial charge on any atom is -0.387 e. The number of nitrogens with two attached hydrogens (primary N) is 1. The van der Waals surface area contributed by atoms with Gasteiger partial charge in [0, 0.05) is 10.0 Å². The largest absolute Gasteiger partial charge is 0.387 e. The van der Waals surface area contributed by atoms with Crippen molar-refractivity contribution in [3.8, 4) is 0 Å². The lowest BCUT2D eigenvalue weighted by Gasteiger charge is -2.17. The average Bonchev–Trinajstić information content (AvgIpc) is 2.14. The van der Waals surface area contributed by atoms with Crippen molar-refractivity contribution >= 4 is 26.0 Å². The summed E-state index contributed by atoms with van der Waals surface area (Å²) in [6.07, 6.45) is -1.48. The highest BCUT2D eigenvalue weighted by atomic mass is 79.9. The van der Waals surface area contributed by atoms with Gasteiger partial charge in [-0.25, -0.2) is 17.9 Å². The van der Waals surface area contributed by atoms with Crippen LogP contribution in [-0.4, -0.2) is 18.8 Å². The molecule has 0 spiro atoms. The van der Waals surface area contributed by atoms with Gasteiger partial charge in [-0.15, -0.1) is 0 Å². The standard InChI is InChI=1S/C9H11BrFNO3S/c1-5(16(12,14)15)9(13)7-3-2-6(10)4-8(7)11/h2-5,9,13H,1H3,(H2,12,14,15)/t5-,9+/m1/s1. The number of halogens is 2. The van der Waals surface area contributed by atoms with Crippen LogP contribution in [0, 0.1) is 5.82 Å². The maximum atomic E-state index is 13.4. The van der Waals surface area contributed by atoms with Gasteiger partial charge in [0.25, 0.3) is 0 Å². The fourth-order valence-corrected chi connectivity index (χ4v) is 2.01. The third-order valence-corrected chi connectivity index (χ3v) is 4.03. The van der Waals surface area contributed by atoms with Crippen molar-refractivity contribution in [3.63, 3.8) is 0 Å². The second-order valence-corrected chi connectivity index (χ2v) is 6.24. The highest BCUT2D eigenvalue weighted by molar-refractivity contribution is 9.10. The van der Waals surface area contributed by atoms with Crippen molar-refractivity contribution in [2.75, 3.05) is 0 Å². The van der Waals surface area contributed by atoms with E-state index in [0.29, 0.717) is 4.47 Å². The van der Waals surface area contributed by atoms with Crippen molar-refractivity contribution in [1.82, 2.24) is 0 Å². The number of rotatable bonds is 3. The van der Waals surface area contributed by atoms with Gasteiger partial charge in [-0.3, -0.25) is 0 Å². The number of primary sulfonamides is 1. The van der Waals surface area contributed by atoms with Gasteiger partial charge in [0.1, 0.15) is 11.1 Å². The number of benzene rings is 1. The summed E-state index contributed by atoms with van der Waals surface area (Å²) in [5, 5.41) is 13.3. The lowest BCUT2D eigenvalue weighted by atomic mass is 10.1. The molecule has 0 unspecified atom stereocenters. The molecule has 2 atom stereocenters. The molecule has 4 nitrogen and oxygen atoms in total. The number of sulfonamides is 1. The number of hydrogen-bond acceptors (Lipinski definition) is 3. The Bertz CT molecular complexity index is 492. The van der Waals surface area contributed by atoms with Gasteiger partial charge in [0.2, 0.25) is 10.0 Å². The summed E-state index contributed by atoms with van der Waals surface area (Å²) < 4.78 is 35.9. The van der Waals surface area contributed by atoms with E-state index in [2.05, 4.69) is 15.9 Å². The first-order valence-electron chi connectivity index (χ1n) is 4.38. The van der Waals surface area contributed by atoms with Crippen molar-refractivity contribution in [2.24, 2.45) is 5.14 Å². The summed E-state index contributed by atoms with van der Waals surface area (Å²) in [6.45, 7) is 1.22. The molecule has 0 aliphatic carbocycles. The maximum absolute atomic E-state index is 13.4. The molecule has 3 N–H and O–H groups in total. The number of aliphatic hydroxyl groups excluding tert-OH is 1. The van der Waals surface area contributed by atoms with Crippen LogP contribution < -0.4 is 5.14 Å². The Labute approximate surface area is 101 Å². The van der Waals surface area contributed by atoms with E-state index in [1.807, 2.05) is 0 Å². The fourth-order valence-electron chi connectivity index (χ4n) is 1.17. The summed E-state index contributed by atoms with van der Waals surface area (Å²) >= 11 is 3.06. The molecule has 7 heteroatoms. The first-order valence-corrected chi connectivity index (χ1v) is 6.78. The zero-order chi connectivity index (χ0) is 12.5. The minimum atomic E-state index is -3.91. The number of aliphatic hydroxyl groups is 1. The van der Waals surface area contributed by atoms with Gasteiger partial charge >= 0.3 is 0 Å². The van der Waals surface area contributed by atoms with Gasteiger partial charge in [-0.05, 0) is 19.1 Å².